The summed E-state index contributed by atoms with van der Waals surface area (Å²) in [5.41, 5.74) is 1.23. The van der Waals surface area contributed by atoms with E-state index in [9.17, 15) is 18.4 Å². The molecule has 0 fully saturated rings. The van der Waals surface area contributed by atoms with Crippen LogP contribution in [0.2, 0.25) is 0 Å². The molecule has 1 aromatic heterocycles. The largest absolute Gasteiger partial charge is 0.493 e. The maximum absolute atomic E-state index is 14.6. The third-order valence-corrected chi connectivity index (χ3v) is 7.83. The Bertz CT molecular complexity index is 1400. The van der Waals surface area contributed by atoms with E-state index in [-0.39, 0.29) is 22.4 Å². The molecule has 3 aromatic rings. The lowest BCUT2D eigenvalue weighted by Crippen LogP contribution is -2.13. The highest BCUT2D eigenvalue weighted by molar-refractivity contribution is 7.14. The third-order valence-electron chi connectivity index (χ3n) is 7.08. The van der Waals surface area contributed by atoms with Gasteiger partial charge in [-0.1, -0.05) is 64.0 Å². The summed E-state index contributed by atoms with van der Waals surface area (Å²) in [4.78, 5) is 28.4. The standard InChI is InChI=1S/C33H40F2N2O5S/c1-5-7-8-9-10-11-12-16-29(41-4)24-15-13-14-23(30(24)42-6-2)28-20-43-33(36-28)37-31(38)22-18-26(34)25(27(35)19-22)17-21(3)32(39)40/h13-15,17-20,29H,5-12,16H2,1-4H3,(H,39,40)(H,36,37,38)/b21-17+. The highest BCUT2D eigenvalue weighted by atomic mass is 32.1. The van der Waals surface area contributed by atoms with Crippen LogP contribution < -0.4 is 10.1 Å². The minimum Gasteiger partial charge on any atom is -0.493 e. The summed E-state index contributed by atoms with van der Waals surface area (Å²) >= 11 is 1.17. The number of nitrogens with one attached hydrogen (secondary N) is 1. The van der Waals surface area contributed by atoms with Crippen LogP contribution in [0.15, 0.2) is 41.3 Å². The number of amides is 1. The first-order valence-electron chi connectivity index (χ1n) is 14.7. The van der Waals surface area contributed by atoms with Crippen LogP contribution >= 0.6 is 11.3 Å². The van der Waals surface area contributed by atoms with Crippen molar-refractivity contribution in [3.63, 3.8) is 0 Å². The van der Waals surface area contributed by atoms with Gasteiger partial charge in [-0.3, -0.25) is 10.1 Å². The highest BCUT2D eigenvalue weighted by Gasteiger charge is 2.22. The first-order chi connectivity index (χ1) is 20.7. The average molecular weight is 615 g/mol. The fourth-order valence-corrected chi connectivity index (χ4v) is 5.46. The van der Waals surface area contributed by atoms with Gasteiger partial charge in [-0.05, 0) is 44.5 Å². The number of carbonyl (C=O) groups is 2. The number of carboxylic acids is 1. The van der Waals surface area contributed by atoms with Crippen molar-refractivity contribution in [2.75, 3.05) is 19.0 Å². The van der Waals surface area contributed by atoms with E-state index in [1.807, 2.05) is 25.1 Å². The molecule has 43 heavy (non-hydrogen) atoms. The number of nitrogens with zero attached hydrogens (tertiary/aromatic N) is 1. The highest BCUT2D eigenvalue weighted by Crippen LogP contribution is 2.40. The summed E-state index contributed by atoms with van der Waals surface area (Å²) in [7, 11) is 1.70. The van der Waals surface area contributed by atoms with Gasteiger partial charge in [-0.25, -0.2) is 18.6 Å². The minimum absolute atomic E-state index is 0.142. The predicted molar refractivity (Wildman–Crippen MR) is 167 cm³/mol. The normalized spacial score (nSPS) is 12.3. The summed E-state index contributed by atoms with van der Waals surface area (Å²) in [6.45, 7) is 5.79. The first kappa shape index (κ1) is 33.9. The second-order valence-electron chi connectivity index (χ2n) is 10.3. The summed E-state index contributed by atoms with van der Waals surface area (Å²) in [5.74, 6) is -3.48. The van der Waals surface area contributed by atoms with Crippen LogP contribution in [-0.2, 0) is 9.53 Å². The molecule has 0 radical (unpaired) electrons. The summed E-state index contributed by atoms with van der Waals surface area (Å²) < 4.78 is 41.1. The van der Waals surface area contributed by atoms with Crippen molar-refractivity contribution in [1.82, 2.24) is 4.98 Å². The number of thiazole rings is 1. The molecule has 0 saturated carbocycles. The predicted octanol–water partition coefficient (Wildman–Crippen LogP) is 9.06. The minimum atomic E-state index is -1.30. The zero-order valence-corrected chi connectivity index (χ0v) is 26.0. The topological polar surface area (TPSA) is 97.8 Å². The lowest BCUT2D eigenvalue weighted by Gasteiger charge is -2.21. The lowest BCUT2D eigenvalue weighted by atomic mass is 9.98. The maximum Gasteiger partial charge on any atom is 0.331 e. The van der Waals surface area contributed by atoms with Crippen LogP contribution in [0.3, 0.4) is 0 Å². The Balaban J connectivity index is 1.77. The van der Waals surface area contributed by atoms with E-state index < -0.39 is 29.1 Å². The van der Waals surface area contributed by atoms with E-state index >= 15 is 0 Å². The van der Waals surface area contributed by atoms with Crippen molar-refractivity contribution in [1.29, 1.82) is 0 Å². The number of para-hydroxylation sites is 1. The maximum atomic E-state index is 14.6. The Morgan fingerprint density at radius 1 is 1.07 bits per heavy atom. The Morgan fingerprint density at radius 2 is 1.74 bits per heavy atom. The number of aromatic nitrogens is 1. The number of methoxy groups -OCH3 is 1. The van der Waals surface area contributed by atoms with Crippen LogP contribution in [0.25, 0.3) is 17.3 Å². The van der Waals surface area contributed by atoms with Gasteiger partial charge in [0.05, 0.1) is 18.4 Å². The van der Waals surface area contributed by atoms with E-state index in [4.69, 9.17) is 14.6 Å². The lowest BCUT2D eigenvalue weighted by molar-refractivity contribution is -0.132. The fraction of sp³-hybridized carbons (Fsp3) is 0.424. The van der Waals surface area contributed by atoms with Gasteiger partial charge < -0.3 is 14.6 Å². The number of benzene rings is 2. The number of ether oxygens (including phenoxy) is 2. The van der Waals surface area contributed by atoms with Crippen LogP contribution in [0.4, 0.5) is 13.9 Å². The molecule has 1 atom stereocenters. The molecule has 0 saturated heterocycles. The smallest absolute Gasteiger partial charge is 0.331 e. The number of unbranched alkanes of at least 4 members (excludes halogenated alkanes) is 6. The molecule has 0 bridgehead atoms. The Labute approximate surface area is 256 Å². The molecule has 232 valence electrons. The number of anilines is 1. The number of aliphatic carboxylic acids is 1. The second-order valence-corrected chi connectivity index (χ2v) is 11.1. The molecule has 0 spiro atoms. The SMILES string of the molecule is CCCCCCCCCC(OC)c1cccc(-c2csc(NC(=O)c3cc(F)c(/C=C(\C)C(=O)O)c(F)c3)n2)c1OCC. The molecule has 2 aromatic carbocycles. The molecule has 2 N–H and O–H groups in total. The second kappa shape index (κ2) is 16.9. The van der Waals surface area contributed by atoms with Crippen LogP contribution in [0.1, 0.15) is 99.7 Å². The molecule has 7 nitrogen and oxygen atoms in total. The van der Waals surface area contributed by atoms with Crippen molar-refractivity contribution < 1.29 is 33.0 Å². The van der Waals surface area contributed by atoms with Crippen LogP contribution in [0.5, 0.6) is 5.75 Å². The molecule has 1 heterocycles. The number of carboxylic acid groups (broad SMARTS) is 1. The number of halogens is 2. The Hall–Kier alpha value is -3.63. The molecule has 0 aliphatic rings. The fourth-order valence-electron chi connectivity index (χ4n) is 4.76. The van der Waals surface area contributed by atoms with E-state index in [0.717, 1.165) is 48.6 Å². The van der Waals surface area contributed by atoms with E-state index in [1.165, 1.54) is 50.4 Å². The summed E-state index contributed by atoms with van der Waals surface area (Å²) in [6, 6.07) is 7.54. The molecule has 0 aliphatic heterocycles. The quantitative estimate of drug-likeness (QED) is 0.116. The molecule has 0 aliphatic carbocycles. The average Bonchev–Trinajstić information content (AvgIpc) is 3.44. The van der Waals surface area contributed by atoms with Crippen molar-refractivity contribution in [2.45, 2.75) is 78.2 Å². The van der Waals surface area contributed by atoms with Crippen molar-refractivity contribution >= 4 is 34.4 Å². The van der Waals surface area contributed by atoms with Gasteiger partial charge in [0, 0.05) is 40.3 Å². The Kier molecular flexibility index (Phi) is 13.3. The Morgan fingerprint density at radius 3 is 2.37 bits per heavy atom. The van der Waals surface area contributed by atoms with Gasteiger partial charge in [0.15, 0.2) is 5.13 Å². The van der Waals surface area contributed by atoms with Gasteiger partial charge in [0.25, 0.3) is 5.91 Å². The molecular weight excluding hydrogens is 574 g/mol. The number of rotatable bonds is 17. The number of carbonyl (C=O) groups excluding carboxylic acids is 1. The molecule has 10 heteroatoms. The van der Waals surface area contributed by atoms with Crippen molar-refractivity contribution in [2.24, 2.45) is 0 Å². The zero-order chi connectivity index (χ0) is 31.4. The van der Waals surface area contributed by atoms with E-state index in [1.54, 1.807) is 12.5 Å². The zero-order valence-electron chi connectivity index (χ0n) is 25.2. The van der Waals surface area contributed by atoms with E-state index in [2.05, 4.69) is 17.2 Å². The molecule has 1 amide bonds. The van der Waals surface area contributed by atoms with Crippen LogP contribution in [0, 0.1) is 11.6 Å². The van der Waals surface area contributed by atoms with Crippen molar-refractivity contribution in [3.05, 3.63) is 69.6 Å². The van der Waals surface area contributed by atoms with Gasteiger partial charge in [0.1, 0.15) is 17.4 Å². The number of hydrogen-bond donors (Lipinski definition) is 2. The van der Waals surface area contributed by atoms with Gasteiger partial charge in [-0.15, -0.1) is 11.3 Å². The van der Waals surface area contributed by atoms with E-state index in [0.29, 0.717) is 18.1 Å². The summed E-state index contributed by atoms with van der Waals surface area (Å²) in [5, 5.41) is 13.6. The molecule has 1 unspecified atom stereocenters. The molecular formula is C33H40F2N2O5S. The first-order valence-corrected chi connectivity index (χ1v) is 15.5. The molecule has 3 rings (SSSR count). The van der Waals surface area contributed by atoms with Crippen molar-refractivity contribution in [3.8, 4) is 17.0 Å². The van der Waals surface area contributed by atoms with Crippen LogP contribution in [-0.4, -0.2) is 35.7 Å². The van der Waals surface area contributed by atoms with Gasteiger partial charge in [-0.2, -0.15) is 0 Å². The van der Waals surface area contributed by atoms with Gasteiger partial charge >= 0.3 is 5.97 Å². The third kappa shape index (κ3) is 9.43. The van der Waals surface area contributed by atoms with Gasteiger partial charge in [0.2, 0.25) is 0 Å². The summed E-state index contributed by atoms with van der Waals surface area (Å²) in [6.07, 6.45) is 10.1. The monoisotopic (exact) mass is 614 g/mol. The number of hydrogen-bond acceptors (Lipinski definition) is 6.